The van der Waals surface area contributed by atoms with Gasteiger partial charge in [-0.05, 0) is 81.3 Å². The largest absolute Gasteiger partial charge is 0.365 e. The number of hydrogen-bond donors (Lipinski definition) is 1. The number of amides is 2. The number of nitrogens with zero attached hydrogens (tertiary/aromatic N) is 2. The third kappa shape index (κ3) is 5.07. The predicted octanol–water partition coefficient (Wildman–Crippen LogP) is 3.08. The second-order valence-corrected chi connectivity index (χ2v) is 10.9. The summed E-state index contributed by atoms with van der Waals surface area (Å²) in [4.78, 5) is 43.0. The smallest absolute Gasteiger partial charge is 0.251 e. The second-order valence-electron chi connectivity index (χ2n) is 10.9. The van der Waals surface area contributed by atoms with E-state index in [-0.39, 0.29) is 36.7 Å². The number of benzene rings is 1. The van der Waals surface area contributed by atoms with E-state index in [1.807, 2.05) is 24.3 Å². The molecule has 8 heteroatoms. The number of alkyl halides is 1. The molecule has 5 rings (SSSR count). The van der Waals surface area contributed by atoms with Crippen molar-refractivity contribution < 1.29 is 23.5 Å². The molecule has 1 aliphatic carbocycles. The Morgan fingerprint density at radius 1 is 1.11 bits per heavy atom. The summed E-state index contributed by atoms with van der Waals surface area (Å²) in [6, 6.07) is 6.12. The first kappa shape index (κ1) is 25.3. The molecular formula is C28H38FN3O4. The van der Waals surface area contributed by atoms with Crippen molar-refractivity contribution in [2.75, 3.05) is 32.8 Å². The van der Waals surface area contributed by atoms with Gasteiger partial charge in [-0.2, -0.15) is 0 Å². The van der Waals surface area contributed by atoms with Crippen molar-refractivity contribution in [3.8, 4) is 0 Å². The number of hydrogen-bond acceptors (Lipinski definition) is 5. The van der Waals surface area contributed by atoms with E-state index in [0.717, 1.165) is 58.2 Å². The van der Waals surface area contributed by atoms with E-state index >= 15 is 0 Å². The molecule has 4 atom stereocenters. The van der Waals surface area contributed by atoms with Crippen LogP contribution in [0.25, 0.3) is 0 Å². The number of likely N-dealkylation sites (tertiary alicyclic amines) is 2. The van der Waals surface area contributed by atoms with Gasteiger partial charge in [0.2, 0.25) is 5.91 Å². The molecule has 7 nitrogen and oxygen atoms in total. The van der Waals surface area contributed by atoms with Gasteiger partial charge < -0.3 is 19.9 Å². The summed E-state index contributed by atoms with van der Waals surface area (Å²) in [5.74, 6) is -0.429. The Balaban J connectivity index is 1.26. The second kappa shape index (κ2) is 11.0. The number of ketones is 1. The van der Waals surface area contributed by atoms with Gasteiger partial charge in [0, 0.05) is 5.56 Å². The summed E-state index contributed by atoms with van der Waals surface area (Å²) in [6.45, 7) is 5.26. The van der Waals surface area contributed by atoms with Gasteiger partial charge in [0.15, 0.2) is 5.78 Å². The SMILES string of the molecule is CCCN1CCC(c2ccc(C(=O)N[C@H](C(=O)N3C[C@H](F)[C@H]4OCC(=O)[C@H]43)C3CCCC3)cc2)CC1. The van der Waals surface area contributed by atoms with Crippen LogP contribution in [0.15, 0.2) is 24.3 Å². The fourth-order valence-corrected chi connectivity index (χ4v) is 6.61. The third-order valence-corrected chi connectivity index (χ3v) is 8.60. The van der Waals surface area contributed by atoms with Crippen molar-refractivity contribution in [2.45, 2.75) is 82.1 Å². The summed E-state index contributed by atoms with van der Waals surface area (Å²) < 4.78 is 19.8. The number of piperidine rings is 1. The zero-order valence-corrected chi connectivity index (χ0v) is 21.2. The zero-order chi connectivity index (χ0) is 25.2. The maximum Gasteiger partial charge on any atom is 0.251 e. The lowest BCUT2D eigenvalue weighted by molar-refractivity contribution is -0.139. The molecule has 3 heterocycles. The maximum absolute atomic E-state index is 14.5. The molecule has 1 aromatic carbocycles. The van der Waals surface area contributed by atoms with Gasteiger partial charge in [-0.15, -0.1) is 0 Å². The molecule has 0 radical (unpaired) electrons. The van der Waals surface area contributed by atoms with Crippen LogP contribution in [0, 0.1) is 5.92 Å². The van der Waals surface area contributed by atoms with Crippen LogP contribution in [0.1, 0.15) is 73.7 Å². The topological polar surface area (TPSA) is 79.0 Å². The number of nitrogens with one attached hydrogen (secondary N) is 1. The molecule has 2 amide bonds. The molecule has 1 saturated carbocycles. The van der Waals surface area contributed by atoms with Gasteiger partial charge >= 0.3 is 0 Å². The summed E-state index contributed by atoms with van der Waals surface area (Å²) in [6.07, 6.45) is 4.81. The lowest BCUT2D eigenvalue weighted by atomic mass is 9.89. The number of halogens is 1. The normalized spacial score (nSPS) is 28.4. The Kier molecular flexibility index (Phi) is 7.72. The summed E-state index contributed by atoms with van der Waals surface area (Å²) in [7, 11) is 0. The summed E-state index contributed by atoms with van der Waals surface area (Å²) in [5, 5.41) is 2.97. The van der Waals surface area contributed by atoms with Gasteiger partial charge in [0.05, 0.1) is 6.54 Å². The Morgan fingerprint density at radius 3 is 2.47 bits per heavy atom. The Morgan fingerprint density at radius 2 is 1.81 bits per heavy atom. The highest BCUT2D eigenvalue weighted by Gasteiger charge is 2.54. The highest BCUT2D eigenvalue weighted by Crippen LogP contribution is 2.34. The van der Waals surface area contributed by atoms with Crippen LogP contribution in [0.5, 0.6) is 0 Å². The number of fused-ring (bicyclic) bond motifs is 1. The van der Waals surface area contributed by atoms with E-state index < -0.39 is 24.4 Å². The van der Waals surface area contributed by atoms with Gasteiger partial charge in [0.1, 0.15) is 31.0 Å². The van der Waals surface area contributed by atoms with Gasteiger partial charge in [-0.1, -0.05) is 31.9 Å². The quantitative estimate of drug-likeness (QED) is 0.624. The maximum atomic E-state index is 14.5. The fourth-order valence-electron chi connectivity index (χ4n) is 6.61. The summed E-state index contributed by atoms with van der Waals surface area (Å²) >= 11 is 0. The van der Waals surface area contributed by atoms with Gasteiger partial charge in [-0.3, -0.25) is 14.4 Å². The molecule has 4 fully saturated rings. The minimum absolute atomic E-state index is 0.0106. The fraction of sp³-hybridized carbons (Fsp3) is 0.679. The van der Waals surface area contributed by atoms with Crippen molar-refractivity contribution in [2.24, 2.45) is 5.92 Å². The van der Waals surface area contributed by atoms with Gasteiger partial charge in [-0.25, -0.2) is 4.39 Å². The van der Waals surface area contributed by atoms with E-state index in [0.29, 0.717) is 11.5 Å². The summed E-state index contributed by atoms with van der Waals surface area (Å²) in [5.41, 5.74) is 1.77. The number of carbonyl (C=O) groups excluding carboxylic acids is 3. The molecule has 0 aromatic heterocycles. The van der Waals surface area contributed by atoms with Crippen molar-refractivity contribution in [3.05, 3.63) is 35.4 Å². The van der Waals surface area contributed by atoms with Crippen molar-refractivity contribution >= 4 is 17.6 Å². The van der Waals surface area contributed by atoms with Crippen LogP contribution < -0.4 is 5.32 Å². The van der Waals surface area contributed by atoms with Crippen LogP contribution in [0.4, 0.5) is 4.39 Å². The lowest BCUT2D eigenvalue weighted by Crippen LogP contribution is -2.54. The highest BCUT2D eigenvalue weighted by molar-refractivity contribution is 5.99. The van der Waals surface area contributed by atoms with Crippen LogP contribution in [0.2, 0.25) is 0 Å². The number of Topliss-reactive ketones (excluding diaryl/α,β-unsaturated/α-hetero) is 1. The molecule has 196 valence electrons. The van der Waals surface area contributed by atoms with E-state index in [9.17, 15) is 18.8 Å². The molecule has 0 spiro atoms. The molecule has 3 aliphatic heterocycles. The first-order chi connectivity index (χ1) is 17.5. The lowest BCUT2D eigenvalue weighted by Gasteiger charge is -2.32. The average Bonchev–Trinajstić information content (AvgIpc) is 3.63. The molecule has 4 aliphatic rings. The molecular weight excluding hydrogens is 461 g/mol. The van der Waals surface area contributed by atoms with E-state index in [2.05, 4.69) is 17.1 Å². The standard InChI is InChI=1S/C28H38FN3O4/c1-2-13-31-14-11-19(12-15-31)18-7-9-21(10-8-18)27(34)30-24(20-5-3-4-6-20)28(35)32-16-22(29)26-25(32)23(33)17-36-26/h7-10,19-20,22,24-26H,2-6,11-17H2,1H3,(H,30,34)/t22-,24-,25+,26+/m0/s1. The van der Waals surface area contributed by atoms with Crippen LogP contribution in [-0.2, 0) is 14.3 Å². The molecule has 3 saturated heterocycles. The Hall–Kier alpha value is -2.32. The van der Waals surface area contributed by atoms with Crippen LogP contribution >= 0.6 is 0 Å². The van der Waals surface area contributed by atoms with Crippen molar-refractivity contribution in [1.29, 1.82) is 0 Å². The highest BCUT2D eigenvalue weighted by atomic mass is 19.1. The molecule has 1 aromatic rings. The molecule has 36 heavy (non-hydrogen) atoms. The van der Waals surface area contributed by atoms with E-state index in [1.165, 1.54) is 16.9 Å². The molecule has 1 N–H and O–H groups in total. The van der Waals surface area contributed by atoms with Crippen LogP contribution in [-0.4, -0.2) is 84.5 Å². The van der Waals surface area contributed by atoms with Crippen LogP contribution in [0.3, 0.4) is 0 Å². The zero-order valence-electron chi connectivity index (χ0n) is 21.2. The monoisotopic (exact) mass is 499 g/mol. The third-order valence-electron chi connectivity index (χ3n) is 8.60. The van der Waals surface area contributed by atoms with Gasteiger partial charge in [0.25, 0.3) is 5.91 Å². The molecule has 0 bridgehead atoms. The minimum Gasteiger partial charge on any atom is -0.365 e. The Bertz CT molecular complexity index is 956. The van der Waals surface area contributed by atoms with Crippen molar-refractivity contribution in [3.63, 3.8) is 0 Å². The molecule has 0 unspecified atom stereocenters. The van der Waals surface area contributed by atoms with Crippen molar-refractivity contribution in [1.82, 2.24) is 15.1 Å². The predicted molar refractivity (Wildman–Crippen MR) is 134 cm³/mol. The Labute approximate surface area is 212 Å². The number of carbonyl (C=O) groups is 3. The number of ether oxygens (including phenoxy) is 1. The number of rotatable bonds is 7. The minimum atomic E-state index is -1.38. The average molecular weight is 500 g/mol. The van der Waals surface area contributed by atoms with E-state index in [1.54, 1.807) is 0 Å². The first-order valence-electron chi connectivity index (χ1n) is 13.7. The van der Waals surface area contributed by atoms with E-state index in [4.69, 9.17) is 4.74 Å². The first-order valence-corrected chi connectivity index (χ1v) is 13.7.